The van der Waals surface area contributed by atoms with Gasteiger partial charge in [0.05, 0.1) is 0 Å². The first kappa shape index (κ1) is 20.3. The molecule has 0 N–H and O–H groups in total. The van der Waals surface area contributed by atoms with Crippen LogP contribution in [0.5, 0.6) is 0 Å². The summed E-state index contributed by atoms with van der Waals surface area (Å²) < 4.78 is 4.58. The highest BCUT2D eigenvalue weighted by atomic mass is 14.9. The molecule has 6 aromatic rings. The van der Waals surface area contributed by atoms with Crippen molar-refractivity contribution in [1.82, 2.24) is 9.13 Å². The summed E-state index contributed by atoms with van der Waals surface area (Å²) >= 11 is 0. The number of hydrogen-bond donors (Lipinski definition) is 0. The average molecular weight is 453 g/mol. The van der Waals surface area contributed by atoms with E-state index in [-0.39, 0.29) is 11.8 Å². The highest BCUT2D eigenvalue weighted by Gasteiger charge is 2.44. The summed E-state index contributed by atoms with van der Waals surface area (Å²) in [6, 6.07) is 38.0. The maximum atomic E-state index is 2.37. The third-order valence-corrected chi connectivity index (χ3v) is 8.09. The Morgan fingerprint density at radius 3 is 1.40 bits per heavy atom. The molecule has 0 spiro atoms. The minimum absolute atomic E-state index is 0.281. The van der Waals surface area contributed by atoms with Crippen LogP contribution in [0.2, 0.25) is 0 Å². The molecule has 170 valence electrons. The number of benzene rings is 4. The predicted molar refractivity (Wildman–Crippen MR) is 145 cm³/mol. The van der Waals surface area contributed by atoms with Crippen molar-refractivity contribution in [3.05, 3.63) is 143 Å². The molecule has 1 unspecified atom stereocenters. The highest BCUT2D eigenvalue weighted by molar-refractivity contribution is 5.88. The van der Waals surface area contributed by atoms with E-state index in [4.69, 9.17) is 0 Å². The van der Waals surface area contributed by atoms with Gasteiger partial charge in [-0.15, -0.1) is 0 Å². The molecule has 0 radical (unpaired) electrons. The molecule has 2 aromatic heterocycles. The third kappa shape index (κ3) is 2.96. The molecule has 7 rings (SSSR count). The van der Waals surface area contributed by atoms with Crippen molar-refractivity contribution in [2.24, 2.45) is 14.1 Å². The van der Waals surface area contributed by atoms with Crippen molar-refractivity contribution >= 4 is 21.8 Å². The Balaban J connectivity index is 1.55. The summed E-state index contributed by atoms with van der Waals surface area (Å²) in [6.07, 6.45) is 4.74. The van der Waals surface area contributed by atoms with Gasteiger partial charge in [-0.05, 0) is 39.9 Å². The zero-order chi connectivity index (χ0) is 23.5. The van der Waals surface area contributed by atoms with Gasteiger partial charge in [-0.1, -0.05) is 91.0 Å². The molecule has 0 bridgehead atoms. The summed E-state index contributed by atoms with van der Waals surface area (Å²) in [7, 11) is 4.35. The van der Waals surface area contributed by atoms with Crippen molar-refractivity contribution < 1.29 is 0 Å². The Labute approximate surface area is 206 Å². The summed E-state index contributed by atoms with van der Waals surface area (Å²) in [5.41, 5.74) is 9.74. The van der Waals surface area contributed by atoms with E-state index in [9.17, 15) is 0 Å². The third-order valence-electron chi connectivity index (χ3n) is 8.09. The van der Waals surface area contributed by atoms with Crippen LogP contribution in [-0.2, 0) is 14.1 Å². The van der Waals surface area contributed by atoms with Gasteiger partial charge in [0.2, 0.25) is 0 Å². The summed E-state index contributed by atoms with van der Waals surface area (Å²) in [6.45, 7) is 0. The molecule has 35 heavy (non-hydrogen) atoms. The minimum atomic E-state index is 0.281. The smallest absolute Gasteiger partial charge is 0.0480 e. The van der Waals surface area contributed by atoms with Crippen molar-refractivity contribution in [2.75, 3.05) is 0 Å². The van der Waals surface area contributed by atoms with Gasteiger partial charge in [-0.25, -0.2) is 0 Å². The normalized spacial score (nSPS) is 19.4. The zero-order valence-corrected chi connectivity index (χ0v) is 20.1. The van der Waals surface area contributed by atoms with Crippen LogP contribution in [0.3, 0.4) is 0 Å². The van der Waals surface area contributed by atoms with Gasteiger partial charge in [-0.3, -0.25) is 0 Å². The molecule has 0 saturated heterocycles. The molecular formula is C33H28N2. The standard InChI is InChI=1S/C33H28N2/c1-34-20-27(23-14-8-10-18-29(23)34)32-25-16-6-7-17-26(25)33(31(32)22-12-4-3-5-13-22)28-21-35(2)30-19-11-9-15-24(28)30/h3-21,31-33H,1-2H3/t31?,32-,33+. The van der Waals surface area contributed by atoms with E-state index >= 15 is 0 Å². The lowest BCUT2D eigenvalue weighted by molar-refractivity contribution is 0.599. The van der Waals surface area contributed by atoms with Crippen molar-refractivity contribution in [3.8, 4) is 0 Å². The lowest BCUT2D eigenvalue weighted by Gasteiger charge is -2.26. The second-order valence-corrected chi connectivity index (χ2v) is 9.95. The van der Waals surface area contributed by atoms with Gasteiger partial charge in [0.1, 0.15) is 0 Å². The molecule has 0 aliphatic heterocycles. The summed E-state index contributed by atoms with van der Waals surface area (Å²) in [5.74, 6) is 0.873. The fraction of sp³-hybridized carbons (Fsp3) is 0.152. The lowest BCUT2D eigenvalue weighted by atomic mass is 9.75. The van der Waals surface area contributed by atoms with Crippen LogP contribution in [0.1, 0.15) is 45.6 Å². The van der Waals surface area contributed by atoms with E-state index in [1.165, 1.54) is 49.6 Å². The Morgan fingerprint density at radius 2 is 0.886 bits per heavy atom. The van der Waals surface area contributed by atoms with Crippen LogP contribution in [0.4, 0.5) is 0 Å². The van der Waals surface area contributed by atoms with E-state index in [0.717, 1.165) is 0 Å². The number of fused-ring (bicyclic) bond motifs is 3. The SMILES string of the molecule is Cn1cc([C@H]2c3ccccc3[C@@H](c3cn(C)c4ccccc34)C2c2ccccc2)c2ccccc21. The van der Waals surface area contributed by atoms with Gasteiger partial charge in [0, 0.05) is 66.0 Å². The first-order chi connectivity index (χ1) is 17.2. The monoisotopic (exact) mass is 452 g/mol. The van der Waals surface area contributed by atoms with Crippen molar-refractivity contribution in [1.29, 1.82) is 0 Å². The number of nitrogens with zero attached hydrogens (tertiary/aromatic N) is 2. The lowest BCUT2D eigenvalue weighted by Crippen LogP contribution is -2.13. The Bertz CT molecular complexity index is 1580. The molecule has 1 aliphatic rings. The maximum absolute atomic E-state index is 2.37. The number of rotatable bonds is 3. The molecule has 2 nitrogen and oxygen atoms in total. The molecule has 2 heterocycles. The first-order valence-corrected chi connectivity index (χ1v) is 12.4. The van der Waals surface area contributed by atoms with Gasteiger partial charge in [0.25, 0.3) is 0 Å². The molecule has 0 fully saturated rings. The van der Waals surface area contributed by atoms with Gasteiger partial charge < -0.3 is 9.13 Å². The average Bonchev–Trinajstić information content (AvgIpc) is 3.54. The van der Waals surface area contributed by atoms with E-state index in [0.29, 0.717) is 5.92 Å². The van der Waals surface area contributed by atoms with E-state index in [1.807, 2.05) is 0 Å². The molecule has 2 heteroatoms. The van der Waals surface area contributed by atoms with Gasteiger partial charge >= 0.3 is 0 Å². The molecule has 1 aliphatic carbocycles. The Hall–Kier alpha value is -4.04. The minimum Gasteiger partial charge on any atom is -0.350 e. The van der Waals surface area contributed by atoms with Crippen LogP contribution in [0.15, 0.2) is 116 Å². The van der Waals surface area contributed by atoms with Crippen LogP contribution in [0, 0.1) is 0 Å². The number of para-hydroxylation sites is 2. The van der Waals surface area contributed by atoms with E-state index in [2.05, 4.69) is 139 Å². The summed E-state index contributed by atoms with van der Waals surface area (Å²) in [5, 5.41) is 2.71. The first-order valence-electron chi connectivity index (χ1n) is 12.4. The summed E-state index contributed by atoms with van der Waals surface area (Å²) in [4.78, 5) is 0. The van der Waals surface area contributed by atoms with Crippen LogP contribution < -0.4 is 0 Å². The van der Waals surface area contributed by atoms with E-state index in [1.54, 1.807) is 0 Å². The molecule has 3 atom stereocenters. The fourth-order valence-electron chi connectivity index (χ4n) is 6.68. The fourth-order valence-corrected chi connectivity index (χ4v) is 6.68. The zero-order valence-electron chi connectivity index (χ0n) is 20.1. The van der Waals surface area contributed by atoms with Gasteiger partial charge in [-0.2, -0.15) is 0 Å². The Kier molecular flexibility index (Phi) is 4.50. The Morgan fingerprint density at radius 1 is 0.457 bits per heavy atom. The predicted octanol–water partition coefficient (Wildman–Crippen LogP) is 7.73. The highest BCUT2D eigenvalue weighted by Crippen LogP contribution is 2.59. The molecule has 4 aromatic carbocycles. The molecule has 0 saturated carbocycles. The second-order valence-electron chi connectivity index (χ2n) is 9.95. The van der Waals surface area contributed by atoms with Crippen molar-refractivity contribution in [3.63, 3.8) is 0 Å². The van der Waals surface area contributed by atoms with Crippen LogP contribution in [-0.4, -0.2) is 9.13 Å². The largest absolute Gasteiger partial charge is 0.350 e. The van der Waals surface area contributed by atoms with Crippen LogP contribution >= 0.6 is 0 Å². The van der Waals surface area contributed by atoms with Crippen LogP contribution in [0.25, 0.3) is 21.8 Å². The second kappa shape index (κ2) is 7.74. The number of hydrogen-bond acceptors (Lipinski definition) is 0. The van der Waals surface area contributed by atoms with E-state index < -0.39 is 0 Å². The quantitative estimate of drug-likeness (QED) is 0.260. The topological polar surface area (TPSA) is 9.86 Å². The molecule has 0 amide bonds. The number of aromatic nitrogens is 2. The maximum Gasteiger partial charge on any atom is 0.0480 e. The van der Waals surface area contributed by atoms with Gasteiger partial charge in [0.15, 0.2) is 0 Å². The number of aryl methyl sites for hydroxylation is 2. The van der Waals surface area contributed by atoms with Crippen molar-refractivity contribution in [2.45, 2.75) is 17.8 Å². The molecular weight excluding hydrogens is 424 g/mol.